The minimum Gasteiger partial charge on any atom is -0.508 e. The minimum atomic E-state index is -0.00326. The topological polar surface area (TPSA) is 79.4 Å². The molecule has 0 atom stereocenters. The Morgan fingerprint density at radius 3 is 2.68 bits per heavy atom. The number of phenolic OH excluding ortho intramolecular Hbond substituents is 2. The molecule has 1 heterocycles. The van der Waals surface area contributed by atoms with Gasteiger partial charge in [0, 0.05) is 4.75 Å². The molecule has 1 aromatic carbocycles. The lowest BCUT2D eigenvalue weighted by molar-refractivity contribution is 0.418. The third-order valence-electron chi connectivity index (χ3n) is 2.31. The zero-order valence-electron chi connectivity index (χ0n) is 11.0. The molecule has 0 aliphatic heterocycles. The van der Waals surface area contributed by atoms with Gasteiger partial charge in [-0.25, -0.2) is 0 Å². The fraction of sp³-hybridized carbons (Fsp3) is 0.385. The average Bonchev–Trinajstić information content (AvgIpc) is 2.77. The quantitative estimate of drug-likeness (QED) is 0.841. The molecule has 0 spiro atoms. The lowest BCUT2D eigenvalue weighted by Crippen LogP contribution is -2.07. The normalized spacial score (nSPS) is 11.7. The molecule has 5 nitrogen and oxygen atoms in total. The van der Waals surface area contributed by atoms with Gasteiger partial charge in [-0.1, -0.05) is 25.9 Å². The average molecular weight is 280 g/mol. The van der Waals surface area contributed by atoms with Gasteiger partial charge in [0.05, 0.1) is 11.3 Å². The zero-order valence-corrected chi connectivity index (χ0v) is 11.9. The lowest BCUT2D eigenvalue weighted by Gasteiger charge is -2.15. The number of aromatic hydroxyl groups is 2. The van der Waals surface area contributed by atoms with E-state index in [1.165, 1.54) is 18.2 Å². The number of rotatable bonds is 3. The SMILES string of the molecule is CC(C)(C)SCc1noc(-c2cc(O)ccc2O)n1. The van der Waals surface area contributed by atoms with Crippen LogP contribution in [-0.2, 0) is 5.75 Å². The maximum Gasteiger partial charge on any atom is 0.261 e. The van der Waals surface area contributed by atoms with Gasteiger partial charge in [-0.15, -0.1) is 11.8 Å². The number of aromatic nitrogens is 2. The predicted molar refractivity (Wildman–Crippen MR) is 74.1 cm³/mol. The molecule has 0 aliphatic carbocycles. The number of hydrogen-bond donors (Lipinski definition) is 2. The van der Waals surface area contributed by atoms with Gasteiger partial charge in [0.25, 0.3) is 5.89 Å². The lowest BCUT2D eigenvalue weighted by atomic mass is 10.2. The number of benzene rings is 1. The summed E-state index contributed by atoms with van der Waals surface area (Å²) in [6.45, 7) is 6.33. The molecule has 2 rings (SSSR count). The van der Waals surface area contributed by atoms with E-state index < -0.39 is 0 Å². The van der Waals surface area contributed by atoms with E-state index >= 15 is 0 Å². The van der Waals surface area contributed by atoms with Crippen molar-refractivity contribution in [3.05, 3.63) is 24.0 Å². The Balaban J connectivity index is 2.19. The van der Waals surface area contributed by atoms with Gasteiger partial charge in [-0.3, -0.25) is 0 Å². The smallest absolute Gasteiger partial charge is 0.261 e. The summed E-state index contributed by atoms with van der Waals surface area (Å²) in [5.74, 6) is 1.44. The first kappa shape index (κ1) is 13.7. The molecule has 1 aromatic heterocycles. The minimum absolute atomic E-state index is 0.00326. The van der Waals surface area contributed by atoms with Crippen molar-refractivity contribution < 1.29 is 14.7 Å². The standard InChI is InChI=1S/C13H16N2O3S/c1-13(2,3)19-7-11-14-12(18-15-11)9-6-8(16)4-5-10(9)17/h4-6,16-17H,7H2,1-3H3. The first-order valence-electron chi connectivity index (χ1n) is 5.84. The Bertz CT molecular complexity index is 576. The van der Waals surface area contributed by atoms with Crippen molar-refractivity contribution in [3.8, 4) is 23.0 Å². The summed E-state index contributed by atoms with van der Waals surface area (Å²) in [5.41, 5.74) is 0.333. The van der Waals surface area contributed by atoms with E-state index in [4.69, 9.17) is 4.52 Å². The summed E-state index contributed by atoms with van der Waals surface area (Å²) in [5, 5.41) is 23.0. The van der Waals surface area contributed by atoms with Crippen molar-refractivity contribution in [3.63, 3.8) is 0 Å². The van der Waals surface area contributed by atoms with E-state index in [0.717, 1.165) is 0 Å². The van der Waals surface area contributed by atoms with Crippen LogP contribution < -0.4 is 0 Å². The van der Waals surface area contributed by atoms with Crippen molar-refractivity contribution in [2.45, 2.75) is 31.3 Å². The molecule has 6 heteroatoms. The van der Waals surface area contributed by atoms with Crippen LogP contribution in [0.1, 0.15) is 26.6 Å². The molecule has 2 aromatic rings. The first-order chi connectivity index (χ1) is 8.85. The molecule has 0 bridgehead atoms. The van der Waals surface area contributed by atoms with Crippen molar-refractivity contribution in [2.24, 2.45) is 0 Å². The maximum atomic E-state index is 9.71. The van der Waals surface area contributed by atoms with Crippen LogP contribution in [0, 0.1) is 0 Å². The maximum absolute atomic E-state index is 9.71. The molecule has 0 fully saturated rings. The van der Waals surface area contributed by atoms with Crippen molar-refractivity contribution >= 4 is 11.8 Å². The Morgan fingerprint density at radius 2 is 2.00 bits per heavy atom. The molecule has 2 N–H and O–H groups in total. The molecule has 0 radical (unpaired) electrons. The van der Waals surface area contributed by atoms with Gasteiger partial charge in [-0.05, 0) is 18.2 Å². The zero-order chi connectivity index (χ0) is 14.0. The van der Waals surface area contributed by atoms with E-state index in [1.807, 2.05) is 0 Å². The van der Waals surface area contributed by atoms with E-state index in [1.54, 1.807) is 11.8 Å². The highest BCUT2D eigenvalue weighted by Gasteiger charge is 2.16. The highest BCUT2D eigenvalue weighted by atomic mass is 32.2. The Hall–Kier alpha value is -1.69. The first-order valence-corrected chi connectivity index (χ1v) is 6.82. The molecule has 0 saturated carbocycles. The largest absolute Gasteiger partial charge is 0.508 e. The summed E-state index contributed by atoms with van der Waals surface area (Å²) in [6.07, 6.45) is 0. The summed E-state index contributed by atoms with van der Waals surface area (Å²) in [6, 6.07) is 4.17. The third kappa shape index (κ3) is 3.64. The van der Waals surface area contributed by atoms with Crippen LogP contribution in [0.2, 0.25) is 0 Å². The predicted octanol–water partition coefficient (Wildman–Crippen LogP) is 3.18. The van der Waals surface area contributed by atoms with E-state index in [2.05, 4.69) is 30.9 Å². The number of nitrogens with zero attached hydrogens (tertiary/aromatic N) is 2. The van der Waals surface area contributed by atoms with Crippen LogP contribution in [-0.4, -0.2) is 25.1 Å². The summed E-state index contributed by atoms with van der Waals surface area (Å²) in [7, 11) is 0. The van der Waals surface area contributed by atoms with Gasteiger partial charge in [0.1, 0.15) is 11.5 Å². The molecular formula is C13H16N2O3S. The second-order valence-corrected chi connectivity index (χ2v) is 6.92. The highest BCUT2D eigenvalue weighted by Crippen LogP contribution is 2.32. The van der Waals surface area contributed by atoms with E-state index in [9.17, 15) is 10.2 Å². The number of hydrogen-bond acceptors (Lipinski definition) is 6. The molecule has 0 saturated heterocycles. The van der Waals surface area contributed by atoms with Crippen LogP contribution in [0.5, 0.6) is 11.5 Å². The van der Waals surface area contributed by atoms with Crippen LogP contribution >= 0.6 is 11.8 Å². The van der Waals surface area contributed by atoms with Crippen LogP contribution in [0.25, 0.3) is 11.5 Å². The van der Waals surface area contributed by atoms with Crippen LogP contribution in [0.15, 0.2) is 22.7 Å². The molecule has 0 amide bonds. The van der Waals surface area contributed by atoms with Gasteiger partial charge < -0.3 is 14.7 Å². The summed E-state index contributed by atoms with van der Waals surface area (Å²) >= 11 is 1.71. The molecular weight excluding hydrogens is 264 g/mol. The molecule has 0 unspecified atom stereocenters. The molecule has 0 aliphatic rings. The Kier molecular flexibility index (Phi) is 3.71. The monoisotopic (exact) mass is 280 g/mol. The second-order valence-electron chi connectivity index (χ2n) is 5.12. The second kappa shape index (κ2) is 5.13. The highest BCUT2D eigenvalue weighted by molar-refractivity contribution is 7.99. The third-order valence-corrected chi connectivity index (χ3v) is 3.58. The fourth-order valence-corrected chi connectivity index (χ4v) is 2.08. The van der Waals surface area contributed by atoms with Crippen molar-refractivity contribution in [2.75, 3.05) is 0 Å². The van der Waals surface area contributed by atoms with Crippen LogP contribution in [0.4, 0.5) is 0 Å². The van der Waals surface area contributed by atoms with Gasteiger partial charge in [0.15, 0.2) is 5.82 Å². The fourth-order valence-electron chi connectivity index (χ4n) is 1.40. The Labute approximate surface area is 115 Å². The summed E-state index contributed by atoms with van der Waals surface area (Å²) < 4.78 is 5.23. The van der Waals surface area contributed by atoms with E-state index in [-0.39, 0.29) is 22.1 Å². The van der Waals surface area contributed by atoms with Crippen molar-refractivity contribution in [1.82, 2.24) is 10.1 Å². The van der Waals surface area contributed by atoms with E-state index in [0.29, 0.717) is 17.1 Å². The number of thioether (sulfide) groups is 1. The Morgan fingerprint density at radius 1 is 1.26 bits per heavy atom. The van der Waals surface area contributed by atoms with Gasteiger partial charge in [0.2, 0.25) is 0 Å². The number of phenols is 2. The van der Waals surface area contributed by atoms with Crippen LogP contribution in [0.3, 0.4) is 0 Å². The molecule has 102 valence electrons. The van der Waals surface area contributed by atoms with Crippen molar-refractivity contribution in [1.29, 1.82) is 0 Å². The van der Waals surface area contributed by atoms with Gasteiger partial charge >= 0.3 is 0 Å². The van der Waals surface area contributed by atoms with Gasteiger partial charge in [-0.2, -0.15) is 4.98 Å². The molecule has 19 heavy (non-hydrogen) atoms. The summed E-state index contributed by atoms with van der Waals surface area (Å²) in [4.78, 5) is 4.22.